The Labute approximate surface area is 141 Å². The summed E-state index contributed by atoms with van der Waals surface area (Å²) in [6, 6.07) is 8.38. The van der Waals surface area contributed by atoms with Crippen molar-refractivity contribution < 1.29 is 9.59 Å². The molecule has 0 bridgehead atoms. The summed E-state index contributed by atoms with van der Waals surface area (Å²) >= 11 is 12.2. The van der Waals surface area contributed by atoms with E-state index in [1.807, 2.05) is 6.92 Å². The first kappa shape index (κ1) is 16.4. The zero-order valence-electron chi connectivity index (χ0n) is 11.5. The standard InChI is InChI=1S/C14H12ClN3O2S2/c1-8-4-5-9(7-10(8)15)12(19)16-14(21)18-17-13(20)11-3-2-6-22-11/h2-7H,1H3,(H,17,20)(H2,16,18,19,21). The van der Waals surface area contributed by atoms with Crippen LogP contribution in [0, 0.1) is 6.92 Å². The highest BCUT2D eigenvalue weighted by molar-refractivity contribution is 7.80. The molecule has 8 heteroatoms. The molecule has 0 aliphatic heterocycles. The third-order valence-electron chi connectivity index (χ3n) is 2.70. The molecule has 0 atom stereocenters. The Morgan fingerprint density at radius 3 is 2.59 bits per heavy atom. The van der Waals surface area contributed by atoms with E-state index >= 15 is 0 Å². The molecule has 0 saturated heterocycles. The number of rotatable bonds is 2. The number of hydrogen-bond acceptors (Lipinski definition) is 4. The van der Waals surface area contributed by atoms with Crippen LogP contribution < -0.4 is 16.2 Å². The van der Waals surface area contributed by atoms with Crippen LogP contribution in [-0.4, -0.2) is 16.9 Å². The van der Waals surface area contributed by atoms with Crippen LogP contribution in [0.2, 0.25) is 5.02 Å². The SMILES string of the molecule is Cc1ccc(C(=O)NC(=S)NNC(=O)c2cccs2)cc1Cl. The number of nitrogens with one attached hydrogen (secondary N) is 3. The molecule has 22 heavy (non-hydrogen) atoms. The third-order valence-corrected chi connectivity index (χ3v) is 4.18. The Kier molecular flexibility index (Phi) is 5.48. The average molecular weight is 354 g/mol. The zero-order chi connectivity index (χ0) is 16.1. The van der Waals surface area contributed by atoms with Crippen molar-refractivity contribution in [3.8, 4) is 0 Å². The smallest absolute Gasteiger partial charge is 0.279 e. The van der Waals surface area contributed by atoms with Gasteiger partial charge in [-0.15, -0.1) is 11.3 Å². The minimum Gasteiger partial charge on any atom is -0.298 e. The maximum atomic E-state index is 12.0. The number of halogens is 1. The summed E-state index contributed by atoms with van der Waals surface area (Å²) in [6.45, 7) is 1.84. The second-order valence-corrected chi connectivity index (χ2v) is 6.07. The Morgan fingerprint density at radius 1 is 1.18 bits per heavy atom. The maximum Gasteiger partial charge on any atom is 0.279 e. The molecule has 0 aliphatic carbocycles. The molecule has 0 fully saturated rings. The van der Waals surface area contributed by atoms with Gasteiger partial charge in [0.15, 0.2) is 5.11 Å². The van der Waals surface area contributed by atoms with Gasteiger partial charge in [-0.1, -0.05) is 23.7 Å². The van der Waals surface area contributed by atoms with Gasteiger partial charge in [-0.25, -0.2) is 0 Å². The summed E-state index contributed by atoms with van der Waals surface area (Å²) in [5.41, 5.74) is 6.13. The number of hydrogen-bond donors (Lipinski definition) is 3. The normalized spacial score (nSPS) is 9.91. The highest BCUT2D eigenvalue weighted by Crippen LogP contribution is 2.16. The van der Waals surface area contributed by atoms with E-state index in [-0.39, 0.29) is 11.0 Å². The first-order valence-corrected chi connectivity index (χ1v) is 7.85. The van der Waals surface area contributed by atoms with E-state index in [1.165, 1.54) is 11.3 Å². The zero-order valence-corrected chi connectivity index (χ0v) is 13.9. The highest BCUT2D eigenvalue weighted by Gasteiger charge is 2.10. The van der Waals surface area contributed by atoms with E-state index in [9.17, 15) is 9.59 Å². The lowest BCUT2D eigenvalue weighted by atomic mass is 10.1. The van der Waals surface area contributed by atoms with Crippen molar-refractivity contribution in [3.05, 3.63) is 56.7 Å². The van der Waals surface area contributed by atoms with Crippen LogP contribution in [0.15, 0.2) is 35.7 Å². The largest absolute Gasteiger partial charge is 0.298 e. The van der Waals surface area contributed by atoms with Crippen LogP contribution >= 0.6 is 35.2 Å². The molecule has 0 saturated carbocycles. The monoisotopic (exact) mass is 353 g/mol. The second-order valence-electron chi connectivity index (χ2n) is 4.30. The molecule has 0 unspecified atom stereocenters. The van der Waals surface area contributed by atoms with Crippen molar-refractivity contribution in [2.45, 2.75) is 6.92 Å². The van der Waals surface area contributed by atoms with Crippen molar-refractivity contribution in [2.75, 3.05) is 0 Å². The van der Waals surface area contributed by atoms with Crippen LogP contribution in [0.3, 0.4) is 0 Å². The summed E-state index contributed by atoms with van der Waals surface area (Å²) in [6.07, 6.45) is 0. The molecule has 3 N–H and O–H groups in total. The van der Waals surface area contributed by atoms with Crippen LogP contribution in [0.25, 0.3) is 0 Å². The van der Waals surface area contributed by atoms with Crippen molar-refractivity contribution in [1.82, 2.24) is 16.2 Å². The highest BCUT2D eigenvalue weighted by atomic mass is 35.5. The topological polar surface area (TPSA) is 70.2 Å². The molecule has 1 aromatic heterocycles. The number of thiophene rings is 1. The number of benzene rings is 1. The van der Waals surface area contributed by atoms with Gasteiger partial charge < -0.3 is 0 Å². The van der Waals surface area contributed by atoms with Crippen LogP contribution in [0.1, 0.15) is 25.6 Å². The van der Waals surface area contributed by atoms with Crippen LogP contribution in [-0.2, 0) is 0 Å². The molecule has 0 aliphatic rings. The van der Waals surface area contributed by atoms with Crippen LogP contribution in [0.5, 0.6) is 0 Å². The number of carbonyl (C=O) groups excluding carboxylic acids is 2. The summed E-state index contributed by atoms with van der Waals surface area (Å²) in [4.78, 5) is 24.2. The predicted molar refractivity (Wildman–Crippen MR) is 91.2 cm³/mol. The first-order chi connectivity index (χ1) is 10.5. The van der Waals surface area contributed by atoms with Gasteiger partial charge >= 0.3 is 0 Å². The fourth-order valence-electron chi connectivity index (χ4n) is 1.52. The fraction of sp³-hybridized carbons (Fsp3) is 0.0714. The quantitative estimate of drug-likeness (QED) is 0.573. The van der Waals surface area contributed by atoms with Gasteiger partial charge in [0.1, 0.15) is 0 Å². The summed E-state index contributed by atoms with van der Waals surface area (Å²) < 4.78 is 0. The first-order valence-electron chi connectivity index (χ1n) is 6.18. The number of carbonyl (C=O) groups is 2. The van der Waals surface area contributed by atoms with Gasteiger partial charge in [-0.2, -0.15) is 0 Å². The lowest BCUT2D eigenvalue weighted by molar-refractivity contribution is 0.0938. The molecule has 2 rings (SSSR count). The predicted octanol–water partition coefficient (Wildman–Crippen LogP) is 2.66. The minimum absolute atomic E-state index is 0.00777. The Bertz CT molecular complexity index is 717. The average Bonchev–Trinajstić information content (AvgIpc) is 3.02. The van der Waals surface area contributed by atoms with Gasteiger partial charge in [-0.3, -0.25) is 25.8 Å². The van der Waals surface area contributed by atoms with Gasteiger partial charge in [0.05, 0.1) is 4.88 Å². The van der Waals surface area contributed by atoms with Gasteiger partial charge in [-0.05, 0) is 48.3 Å². The maximum absolute atomic E-state index is 12.0. The van der Waals surface area contributed by atoms with Crippen molar-refractivity contribution in [2.24, 2.45) is 0 Å². The van der Waals surface area contributed by atoms with E-state index in [1.54, 1.807) is 35.7 Å². The lowest BCUT2D eigenvalue weighted by Gasteiger charge is -2.10. The summed E-state index contributed by atoms with van der Waals surface area (Å²) in [7, 11) is 0. The van der Waals surface area contributed by atoms with Gasteiger partial charge in [0, 0.05) is 10.6 Å². The third kappa shape index (κ3) is 4.27. The van der Waals surface area contributed by atoms with E-state index in [2.05, 4.69) is 16.2 Å². The van der Waals surface area contributed by atoms with E-state index in [0.717, 1.165) is 5.56 Å². The number of aryl methyl sites for hydroxylation is 1. The van der Waals surface area contributed by atoms with Gasteiger partial charge in [0.2, 0.25) is 0 Å². The lowest BCUT2D eigenvalue weighted by Crippen LogP contribution is -2.48. The van der Waals surface area contributed by atoms with Crippen molar-refractivity contribution >= 4 is 52.1 Å². The van der Waals surface area contributed by atoms with Crippen molar-refractivity contribution in [3.63, 3.8) is 0 Å². The summed E-state index contributed by atoms with van der Waals surface area (Å²) in [5, 5.41) is 4.73. The molecule has 0 spiro atoms. The molecule has 1 aromatic carbocycles. The van der Waals surface area contributed by atoms with E-state index < -0.39 is 5.91 Å². The number of hydrazine groups is 1. The van der Waals surface area contributed by atoms with Gasteiger partial charge in [0.25, 0.3) is 11.8 Å². The molecule has 2 aromatic rings. The van der Waals surface area contributed by atoms with E-state index in [0.29, 0.717) is 15.5 Å². The number of amides is 2. The summed E-state index contributed by atoms with van der Waals surface area (Å²) in [5.74, 6) is -0.741. The molecule has 2 amide bonds. The Morgan fingerprint density at radius 2 is 1.95 bits per heavy atom. The molecule has 5 nitrogen and oxygen atoms in total. The molecule has 0 radical (unpaired) electrons. The second kappa shape index (κ2) is 7.35. The fourth-order valence-corrected chi connectivity index (χ4v) is 2.47. The van der Waals surface area contributed by atoms with Crippen LogP contribution in [0.4, 0.5) is 0 Å². The molecular weight excluding hydrogens is 342 g/mol. The van der Waals surface area contributed by atoms with E-state index in [4.69, 9.17) is 23.8 Å². The van der Waals surface area contributed by atoms with Crippen molar-refractivity contribution in [1.29, 1.82) is 0 Å². The molecular formula is C14H12ClN3O2S2. The minimum atomic E-state index is -0.412. The molecule has 1 heterocycles. The Balaban J connectivity index is 1.87. The number of thiocarbonyl (C=S) groups is 1. The molecule has 114 valence electrons. The Hall–Kier alpha value is -1.96.